The maximum atomic E-state index is 11.8. The van der Waals surface area contributed by atoms with Gasteiger partial charge < -0.3 is 19.6 Å². The fraction of sp³-hybridized carbons (Fsp3) is 0.130. The van der Waals surface area contributed by atoms with E-state index in [1.165, 1.54) is 12.1 Å². The number of hydrogen-bond donors (Lipinski definition) is 4. The van der Waals surface area contributed by atoms with Crippen molar-refractivity contribution in [3.8, 4) is 11.3 Å². The van der Waals surface area contributed by atoms with Gasteiger partial charge in [0.15, 0.2) is 0 Å². The molecule has 0 fully saturated rings. The summed E-state index contributed by atoms with van der Waals surface area (Å²) in [6.07, 6.45) is 2.16. The molecule has 0 radical (unpaired) electrons. The lowest BCUT2D eigenvalue weighted by Crippen LogP contribution is -2.37. The summed E-state index contributed by atoms with van der Waals surface area (Å²) in [5, 5.41) is 22.8. The molecule has 0 amide bonds. The van der Waals surface area contributed by atoms with Crippen molar-refractivity contribution in [2.45, 2.75) is 19.0 Å². The first-order valence-corrected chi connectivity index (χ1v) is 9.45. The number of aromatic nitrogens is 1. The van der Waals surface area contributed by atoms with Crippen molar-refractivity contribution in [3.63, 3.8) is 0 Å². The van der Waals surface area contributed by atoms with Crippen LogP contribution in [0.2, 0.25) is 0 Å². The number of H-pyrrole nitrogens is 1. The second-order valence-corrected chi connectivity index (χ2v) is 6.99. The Morgan fingerprint density at radius 1 is 1.03 bits per heavy atom. The zero-order chi connectivity index (χ0) is 21.1. The Bertz CT molecular complexity index is 1210. The van der Waals surface area contributed by atoms with Crippen LogP contribution in [0.4, 0.5) is 0 Å². The second-order valence-electron chi connectivity index (χ2n) is 6.99. The smallest absolute Gasteiger partial charge is 0.335 e. The van der Waals surface area contributed by atoms with Gasteiger partial charge in [0.1, 0.15) is 17.6 Å². The summed E-state index contributed by atoms with van der Waals surface area (Å²) < 4.78 is 5.79. The zero-order valence-corrected chi connectivity index (χ0v) is 16.0. The number of carbonyl (C=O) groups is 2. The largest absolute Gasteiger partial charge is 0.480 e. The van der Waals surface area contributed by atoms with Gasteiger partial charge in [0.2, 0.25) is 0 Å². The summed E-state index contributed by atoms with van der Waals surface area (Å²) in [7, 11) is 0. The Morgan fingerprint density at radius 3 is 2.67 bits per heavy atom. The molecule has 7 heteroatoms. The van der Waals surface area contributed by atoms with Crippen LogP contribution in [0.1, 0.15) is 21.7 Å². The maximum Gasteiger partial charge on any atom is 0.335 e. The van der Waals surface area contributed by atoms with Crippen molar-refractivity contribution in [1.82, 2.24) is 10.3 Å². The standard InChI is InChI=1S/C23H20N2O5/c26-22(27)15-5-3-4-14(10-15)21-9-8-17(30-21)13-25-20(23(28)29)11-16-12-24-19-7-2-1-6-18(16)19/h1-10,12,20,24-25H,11,13H2,(H,26,27)(H,28,29)/t20-/m0/s1. The van der Waals surface area contributed by atoms with Crippen LogP contribution in [0, 0.1) is 0 Å². The Kier molecular flexibility index (Phi) is 5.36. The first-order chi connectivity index (χ1) is 14.5. The van der Waals surface area contributed by atoms with Gasteiger partial charge in [-0.3, -0.25) is 10.1 Å². The molecule has 2 aromatic carbocycles. The SMILES string of the molecule is O=C(O)c1cccc(-c2ccc(CN[C@@H](Cc3c[nH]c4ccccc34)C(=O)O)o2)c1. The number of aromatic carboxylic acids is 1. The van der Waals surface area contributed by atoms with E-state index in [2.05, 4.69) is 10.3 Å². The van der Waals surface area contributed by atoms with E-state index in [0.717, 1.165) is 16.5 Å². The number of aromatic amines is 1. The van der Waals surface area contributed by atoms with Crippen LogP contribution in [0.3, 0.4) is 0 Å². The number of fused-ring (bicyclic) bond motifs is 1. The van der Waals surface area contributed by atoms with Gasteiger partial charge in [-0.25, -0.2) is 4.79 Å². The zero-order valence-electron chi connectivity index (χ0n) is 16.0. The van der Waals surface area contributed by atoms with Crippen molar-refractivity contribution in [1.29, 1.82) is 0 Å². The topological polar surface area (TPSA) is 116 Å². The highest BCUT2D eigenvalue weighted by molar-refractivity contribution is 5.89. The van der Waals surface area contributed by atoms with E-state index in [9.17, 15) is 14.7 Å². The molecule has 0 aliphatic rings. The Hall–Kier alpha value is -3.84. The normalized spacial score (nSPS) is 12.1. The summed E-state index contributed by atoms with van der Waals surface area (Å²) in [6.45, 7) is 0.234. The molecule has 0 spiro atoms. The molecule has 0 aliphatic heterocycles. The summed E-state index contributed by atoms with van der Waals surface area (Å²) in [5.74, 6) is -0.859. The van der Waals surface area contributed by atoms with E-state index in [1.807, 2.05) is 30.5 Å². The number of nitrogens with one attached hydrogen (secondary N) is 2. The monoisotopic (exact) mass is 404 g/mol. The molecular weight excluding hydrogens is 384 g/mol. The second kappa shape index (κ2) is 8.26. The van der Waals surface area contributed by atoms with Crippen LogP contribution in [0.25, 0.3) is 22.2 Å². The van der Waals surface area contributed by atoms with E-state index in [-0.39, 0.29) is 12.1 Å². The van der Waals surface area contributed by atoms with Crippen LogP contribution in [0.5, 0.6) is 0 Å². The minimum atomic E-state index is -1.01. The van der Waals surface area contributed by atoms with Crippen molar-refractivity contribution >= 4 is 22.8 Å². The molecule has 1 atom stereocenters. The van der Waals surface area contributed by atoms with Crippen molar-refractivity contribution in [3.05, 3.63) is 83.7 Å². The number of hydrogen-bond acceptors (Lipinski definition) is 4. The van der Waals surface area contributed by atoms with Crippen molar-refractivity contribution in [2.24, 2.45) is 0 Å². The number of carboxylic acids is 2. The van der Waals surface area contributed by atoms with Crippen LogP contribution >= 0.6 is 0 Å². The molecule has 4 aromatic rings. The highest BCUT2D eigenvalue weighted by Crippen LogP contribution is 2.24. The number of carboxylic acid groups (broad SMARTS) is 2. The molecule has 0 aliphatic carbocycles. The minimum Gasteiger partial charge on any atom is -0.480 e. The fourth-order valence-corrected chi connectivity index (χ4v) is 3.42. The summed E-state index contributed by atoms with van der Waals surface area (Å²) in [4.78, 5) is 26.1. The summed E-state index contributed by atoms with van der Waals surface area (Å²) in [6, 6.07) is 16.9. The van der Waals surface area contributed by atoms with Gasteiger partial charge in [-0.05, 0) is 35.9 Å². The van der Waals surface area contributed by atoms with Gasteiger partial charge in [-0.15, -0.1) is 0 Å². The molecule has 2 heterocycles. The first kappa shape index (κ1) is 19.5. The van der Waals surface area contributed by atoms with Crippen LogP contribution in [-0.2, 0) is 17.8 Å². The van der Waals surface area contributed by atoms with E-state index in [1.54, 1.807) is 24.3 Å². The number of para-hydroxylation sites is 1. The van der Waals surface area contributed by atoms with Crippen LogP contribution < -0.4 is 5.32 Å². The third-order valence-electron chi connectivity index (χ3n) is 4.98. The lowest BCUT2D eigenvalue weighted by molar-refractivity contribution is -0.139. The number of benzene rings is 2. The van der Waals surface area contributed by atoms with E-state index >= 15 is 0 Å². The highest BCUT2D eigenvalue weighted by atomic mass is 16.4. The molecule has 30 heavy (non-hydrogen) atoms. The predicted octanol–water partition coefficient (Wildman–Crippen LogP) is 3.91. The van der Waals surface area contributed by atoms with Crippen molar-refractivity contribution < 1.29 is 24.2 Å². The first-order valence-electron chi connectivity index (χ1n) is 9.45. The molecule has 4 rings (SSSR count). The fourth-order valence-electron chi connectivity index (χ4n) is 3.42. The quantitative estimate of drug-likeness (QED) is 0.354. The van der Waals surface area contributed by atoms with Crippen LogP contribution in [-0.4, -0.2) is 33.2 Å². The van der Waals surface area contributed by atoms with E-state index < -0.39 is 18.0 Å². The van der Waals surface area contributed by atoms with Gasteiger partial charge >= 0.3 is 11.9 Å². The van der Waals surface area contributed by atoms with Gasteiger partial charge in [0.25, 0.3) is 0 Å². The Morgan fingerprint density at radius 2 is 1.87 bits per heavy atom. The molecule has 0 saturated heterocycles. The third kappa shape index (κ3) is 4.11. The Balaban J connectivity index is 1.46. The van der Waals surface area contributed by atoms with Crippen molar-refractivity contribution in [2.75, 3.05) is 0 Å². The molecule has 0 saturated carbocycles. The molecule has 2 aromatic heterocycles. The molecular formula is C23H20N2O5. The molecule has 0 bridgehead atoms. The van der Waals surface area contributed by atoms with Gasteiger partial charge in [0.05, 0.1) is 12.1 Å². The highest BCUT2D eigenvalue weighted by Gasteiger charge is 2.20. The molecule has 152 valence electrons. The van der Waals surface area contributed by atoms with Gasteiger partial charge in [0, 0.05) is 29.1 Å². The number of furan rings is 1. The van der Waals surface area contributed by atoms with Crippen LogP contribution in [0.15, 0.2) is 71.3 Å². The lowest BCUT2D eigenvalue weighted by atomic mass is 10.0. The Labute approximate surface area is 172 Å². The maximum absolute atomic E-state index is 11.8. The lowest BCUT2D eigenvalue weighted by Gasteiger charge is -2.13. The molecule has 0 unspecified atom stereocenters. The van der Waals surface area contributed by atoms with Gasteiger partial charge in [-0.2, -0.15) is 0 Å². The molecule has 4 N–H and O–H groups in total. The average molecular weight is 404 g/mol. The van der Waals surface area contributed by atoms with Gasteiger partial charge in [-0.1, -0.05) is 30.3 Å². The summed E-state index contributed by atoms with van der Waals surface area (Å²) in [5.41, 5.74) is 2.72. The average Bonchev–Trinajstić information content (AvgIpc) is 3.38. The third-order valence-corrected chi connectivity index (χ3v) is 4.98. The predicted molar refractivity (Wildman–Crippen MR) is 111 cm³/mol. The molecule has 7 nitrogen and oxygen atoms in total. The summed E-state index contributed by atoms with van der Waals surface area (Å²) >= 11 is 0. The number of rotatable bonds is 8. The van der Waals surface area contributed by atoms with E-state index in [4.69, 9.17) is 9.52 Å². The minimum absolute atomic E-state index is 0.174. The number of aliphatic carboxylic acids is 1. The van der Waals surface area contributed by atoms with E-state index in [0.29, 0.717) is 23.5 Å².